The molecule has 0 aromatic carbocycles. The Balaban J connectivity index is 1.48. The summed E-state index contributed by atoms with van der Waals surface area (Å²) in [5, 5.41) is 3.88. The molecule has 3 saturated carbocycles. The largest absolute Gasteiger partial charge is 0.313 e. The summed E-state index contributed by atoms with van der Waals surface area (Å²) in [6.45, 7) is 3.67. The number of nitrogens with one attached hydrogen (secondary N) is 1. The maximum absolute atomic E-state index is 3.88. The molecule has 19 heavy (non-hydrogen) atoms. The second-order valence-electron chi connectivity index (χ2n) is 7.76. The van der Waals surface area contributed by atoms with Gasteiger partial charge in [-0.3, -0.25) is 0 Å². The van der Waals surface area contributed by atoms with Gasteiger partial charge in [0.1, 0.15) is 0 Å². The summed E-state index contributed by atoms with van der Waals surface area (Å²) in [5.41, 5.74) is 0.720. The predicted molar refractivity (Wildman–Crippen MR) is 82.3 cm³/mol. The van der Waals surface area contributed by atoms with Gasteiger partial charge in [-0.2, -0.15) is 0 Å². The van der Waals surface area contributed by atoms with E-state index >= 15 is 0 Å². The van der Waals surface area contributed by atoms with Crippen LogP contribution in [0, 0.1) is 17.3 Å². The Kier molecular flexibility index (Phi) is 4.51. The van der Waals surface area contributed by atoms with E-state index in [0.29, 0.717) is 0 Å². The van der Waals surface area contributed by atoms with Gasteiger partial charge in [0.05, 0.1) is 0 Å². The van der Waals surface area contributed by atoms with Crippen LogP contribution in [0.3, 0.4) is 0 Å². The molecule has 0 spiro atoms. The molecule has 3 atom stereocenters. The van der Waals surface area contributed by atoms with Crippen molar-refractivity contribution in [3.8, 4) is 0 Å². The quantitative estimate of drug-likeness (QED) is 0.583. The van der Waals surface area contributed by atoms with Crippen LogP contribution in [0.5, 0.6) is 0 Å². The standard InChI is InChI=1S/C18H33N/c1-2-3-4-5-6-11-18(14-19-17-9-10-17)13-15-7-8-16(18)12-15/h15-17,19H,2-14H2,1H3. The van der Waals surface area contributed by atoms with Gasteiger partial charge in [-0.05, 0) is 55.8 Å². The van der Waals surface area contributed by atoms with Gasteiger partial charge in [-0.1, -0.05) is 45.4 Å². The van der Waals surface area contributed by atoms with Crippen molar-refractivity contribution in [2.24, 2.45) is 17.3 Å². The predicted octanol–water partition coefficient (Wildman–Crippen LogP) is 4.91. The highest BCUT2D eigenvalue weighted by molar-refractivity contribution is 5.02. The summed E-state index contributed by atoms with van der Waals surface area (Å²) in [7, 11) is 0. The molecule has 3 fully saturated rings. The van der Waals surface area contributed by atoms with Gasteiger partial charge < -0.3 is 5.32 Å². The van der Waals surface area contributed by atoms with Crippen LogP contribution in [0.15, 0.2) is 0 Å². The van der Waals surface area contributed by atoms with E-state index in [-0.39, 0.29) is 0 Å². The minimum atomic E-state index is 0.720. The summed E-state index contributed by atoms with van der Waals surface area (Å²) in [5.74, 6) is 2.18. The fourth-order valence-corrected chi connectivity index (χ4v) is 4.88. The first kappa shape index (κ1) is 13.9. The van der Waals surface area contributed by atoms with E-state index < -0.39 is 0 Å². The van der Waals surface area contributed by atoms with Gasteiger partial charge in [0.25, 0.3) is 0 Å². The second-order valence-corrected chi connectivity index (χ2v) is 7.76. The molecule has 0 radical (unpaired) electrons. The summed E-state index contributed by atoms with van der Waals surface area (Å²) in [6.07, 6.45) is 17.9. The lowest BCUT2D eigenvalue weighted by Gasteiger charge is -2.38. The van der Waals surface area contributed by atoms with Crippen LogP contribution in [-0.4, -0.2) is 12.6 Å². The molecule has 3 unspecified atom stereocenters. The molecule has 1 nitrogen and oxygen atoms in total. The van der Waals surface area contributed by atoms with Crippen molar-refractivity contribution < 1.29 is 0 Å². The number of hydrogen-bond donors (Lipinski definition) is 1. The molecule has 0 aliphatic heterocycles. The fourth-order valence-electron chi connectivity index (χ4n) is 4.88. The highest BCUT2D eigenvalue weighted by Crippen LogP contribution is 2.58. The van der Waals surface area contributed by atoms with Crippen LogP contribution in [0.2, 0.25) is 0 Å². The highest BCUT2D eigenvalue weighted by Gasteiger charge is 2.50. The van der Waals surface area contributed by atoms with Crippen LogP contribution in [-0.2, 0) is 0 Å². The Morgan fingerprint density at radius 1 is 1.00 bits per heavy atom. The Morgan fingerprint density at radius 2 is 1.84 bits per heavy atom. The van der Waals surface area contributed by atoms with Crippen molar-refractivity contribution in [1.82, 2.24) is 5.32 Å². The van der Waals surface area contributed by atoms with E-state index in [4.69, 9.17) is 0 Å². The zero-order chi connectivity index (χ0) is 13.1. The minimum absolute atomic E-state index is 0.720. The highest BCUT2D eigenvalue weighted by atomic mass is 15.0. The van der Waals surface area contributed by atoms with Crippen molar-refractivity contribution in [1.29, 1.82) is 0 Å². The third-order valence-corrected chi connectivity index (χ3v) is 6.20. The Bertz CT molecular complexity index is 283. The van der Waals surface area contributed by atoms with Crippen molar-refractivity contribution in [2.45, 2.75) is 90.0 Å². The molecular weight excluding hydrogens is 230 g/mol. The van der Waals surface area contributed by atoms with E-state index in [1.54, 1.807) is 25.7 Å². The van der Waals surface area contributed by atoms with Crippen molar-refractivity contribution in [3.63, 3.8) is 0 Å². The first-order chi connectivity index (χ1) is 9.32. The zero-order valence-corrected chi connectivity index (χ0v) is 12.9. The molecule has 3 aliphatic carbocycles. The van der Waals surface area contributed by atoms with Gasteiger partial charge in [-0.15, -0.1) is 0 Å². The van der Waals surface area contributed by atoms with Crippen molar-refractivity contribution >= 4 is 0 Å². The lowest BCUT2D eigenvalue weighted by atomic mass is 9.69. The zero-order valence-electron chi connectivity index (χ0n) is 12.9. The lowest BCUT2D eigenvalue weighted by molar-refractivity contribution is 0.137. The first-order valence-electron chi connectivity index (χ1n) is 9.06. The van der Waals surface area contributed by atoms with Gasteiger partial charge in [-0.25, -0.2) is 0 Å². The van der Waals surface area contributed by atoms with Gasteiger partial charge in [0.2, 0.25) is 0 Å². The number of hydrogen-bond acceptors (Lipinski definition) is 1. The lowest BCUT2D eigenvalue weighted by Crippen LogP contribution is -2.39. The molecule has 0 aromatic rings. The molecule has 110 valence electrons. The van der Waals surface area contributed by atoms with E-state index in [2.05, 4.69) is 12.2 Å². The summed E-state index contributed by atoms with van der Waals surface area (Å²) in [4.78, 5) is 0. The van der Waals surface area contributed by atoms with Gasteiger partial charge in [0.15, 0.2) is 0 Å². The summed E-state index contributed by atoms with van der Waals surface area (Å²) < 4.78 is 0. The molecule has 0 saturated heterocycles. The van der Waals surface area contributed by atoms with Crippen molar-refractivity contribution in [3.05, 3.63) is 0 Å². The monoisotopic (exact) mass is 263 g/mol. The van der Waals surface area contributed by atoms with Gasteiger partial charge >= 0.3 is 0 Å². The van der Waals surface area contributed by atoms with E-state index in [9.17, 15) is 0 Å². The Hall–Kier alpha value is -0.0400. The van der Waals surface area contributed by atoms with Crippen LogP contribution in [0.1, 0.15) is 84.0 Å². The number of fused-ring (bicyclic) bond motifs is 2. The van der Waals surface area contributed by atoms with Gasteiger partial charge in [0, 0.05) is 12.6 Å². The molecule has 0 heterocycles. The topological polar surface area (TPSA) is 12.0 Å². The summed E-state index contributed by atoms with van der Waals surface area (Å²) in [6, 6.07) is 0.899. The molecule has 2 bridgehead atoms. The third kappa shape index (κ3) is 3.35. The van der Waals surface area contributed by atoms with Crippen LogP contribution < -0.4 is 5.32 Å². The number of unbranched alkanes of at least 4 members (excludes halogenated alkanes) is 4. The summed E-state index contributed by atoms with van der Waals surface area (Å²) >= 11 is 0. The molecule has 1 heteroatoms. The van der Waals surface area contributed by atoms with Crippen LogP contribution >= 0.6 is 0 Å². The van der Waals surface area contributed by atoms with Crippen LogP contribution in [0.4, 0.5) is 0 Å². The average molecular weight is 263 g/mol. The average Bonchev–Trinajstić information content (AvgIpc) is 3.05. The molecule has 3 aliphatic rings. The van der Waals surface area contributed by atoms with Crippen molar-refractivity contribution in [2.75, 3.05) is 6.54 Å². The fraction of sp³-hybridized carbons (Fsp3) is 1.00. The van der Waals surface area contributed by atoms with E-state index in [0.717, 1.165) is 23.3 Å². The second kappa shape index (κ2) is 6.16. The molecular formula is C18H33N. The van der Waals surface area contributed by atoms with Crippen LogP contribution in [0.25, 0.3) is 0 Å². The normalized spacial score (nSPS) is 37.1. The molecule has 1 N–H and O–H groups in total. The van der Waals surface area contributed by atoms with E-state index in [1.165, 1.54) is 57.9 Å². The Morgan fingerprint density at radius 3 is 2.47 bits per heavy atom. The Labute approximate surface area is 119 Å². The molecule has 0 aromatic heterocycles. The third-order valence-electron chi connectivity index (χ3n) is 6.20. The SMILES string of the molecule is CCCCCCCC1(CNC2CC2)CC2CCC1C2. The maximum atomic E-state index is 3.88. The minimum Gasteiger partial charge on any atom is -0.313 e. The van der Waals surface area contributed by atoms with E-state index in [1.807, 2.05) is 0 Å². The first-order valence-corrected chi connectivity index (χ1v) is 9.06. The molecule has 3 rings (SSSR count). The number of rotatable bonds is 9. The maximum Gasteiger partial charge on any atom is 0.00684 e. The smallest absolute Gasteiger partial charge is 0.00684 e. The molecule has 0 amide bonds.